The van der Waals surface area contributed by atoms with Crippen LogP contribution in [0.25, 0.3) is 5.69 Å². The molecule has 1 saturated heterocycles. The summed E-state index contributed by atoms with van der Waals surface area (Å²) in [6.45, 7) is 4.94. The standard InChI is InChI=1S/C21H31N5O2.HI/c1-22-21(25-11-9-19(15-25)17-28-13-12-27-2)23-10-8-18-14-24-26(16-18)20-6-4-3-5-7-20;/h3-7,14,16,19H,8-13,15,17H2,1-2H3,(H,22,23);1H. The van der Waals surface area contributed by atoms with Gasteiger partial charge < -0.3 is 19.7 Å². The predicted octanol–water partition coefficient (Wildman–Crippen LogP) is 2.59. The average Bonchev–Trinajstić information content (AvgIpc) is 3.39. The van der Waals surface area contributed by atoms with E-state index in [0.717, 1.165) is 50.7 Å². The molecule has 1 aromatic carbocycles. The third-order valence-electron chi connectivity index (χ3n) is 4.94. The molecule has 7 nitrogen and oxygen atoms in total. The van der Waals surface area contributed by atoms with Crippen molar-refractivity contribution >= 4 is 29.9 Å². The van der Waals surface area contributed by atoms with Crippen LogP contribution in [-0.2, 0) is 15.9 Å². The Morgan fingerprint density at radius 2 is 2.10 bits per heavy atom. The van der Waals surface area contributed by atoms with Crippen LogP contribution in [-0.4, -0.2) is 74.3 Å². The molecule has 0 radical (unpaired) electrons. The molecule has 8 heteroatoms. The summed E-state index contributed by atoms with van der Waals surface area (Å²) in [5.74, 6) is 1.52. The van der Waals surface area contributed by atoms with Crippen LogP contribution in [0.15, 0.2) is 47.7 Å². The van der Waals surface area contributed by atoms with Crippen LogP contribution >= 0.6 is 24.0 Å². The Balaban J connectivity index is 0.00000300. The van der Waals surface area contributed by atoms with E-state index in [9.17, 15) is 0 Å². The van der Waals surface area contributed by atoms with Crippen molar-refractivity contribution in [2.45, 2.75) is 12.8 Å². The van der Waals surface area contributed by atoms with E-state index >= 15 is 0 Å². The Morgan fingerprint density at radius 1 is 1.28 bits per heavy atom. The van der Waals surface area contributed by atoms with Crippen molar-refractivity contribution in [3.05, 3.63) is 48.3 Å². The number of rotatable bonds is 9. The topological polar surface area (TPSA) is 63.9 Å². The Morgan fingerprint density at radius 3 is 2.86 bits per heavy atom. The summed E-state index contributed by atoms with van der Waals surface area (Å²) >= 11 is 0. The Kier molecular flexibility index (Phi) is 10.4. The highest BCUT2D eigenvalue weighted by molar-refractivity contribution is 14.0. The predicted molar refractivity (Wildman–Crippen MR) is 126 cm³/mol. The molecular formula is C21H32IN5O2. The van der Waals surface area contributed by atoms with Crippen LogP contribution in [0.1, 0.15) is 12.0 Å². The van der Waals surface area contributed by atoms with Crippen LogP contribution in [0.4, 0.5) is 0 Å². The van der Waals surface area contributed by atoms with Gasteiger partial charge in [-0.3, -0.25) is 4.99 Å². The fourth-order valence-electron chi connectivity index (χ4n) is 3.42. The summed E-state index contributed by atoms with van der Waals surface area (Å²) in [6, 6.07) is 10.2. The number of para-hydroxylation sites is 1. The van der Waals surface area contributed by atoms with Crippen molar-refractivity contribution in [3.8, 4) is 5.69 Å². The van der Waals surface area contributed by atoms with Gasteiger partial charge in [-0.2, -0.15) is 5.10 Å². The van der Waals surface area contributed by atoms with E-state index in [1.807, 2.05) is 36.1 Å². The van der Waals surface area contributed by atoms with E-state index in [1.165, 1.54) is 5.56 Å². The van der Waals surface area contributed by atoms with E-state index in [4.69, 9.17) is 9.47 Å². The van der Waals surface area contributed by atoms with Crippen molar-refractivity contribution in [1.29, 1.82) is 0 Å². The van der Waals surface area contributed by atoms with E-state index in [0.29, 0.717) is 19.1 Å². The maximum Gasteiger partial charge on any atom is 0.193 e. The zero-order valence-corrected chi connectivity index (χ0v) is 19.6. The second-order valence-corrected chi connectivity index (χ2v) is 7.02. The minimum absolute atomic E-state index is 0. The van der Waals surface area contributed by atoms with Crippen LogP contribution in [0.2, 0.25) is 0 Å². The number of benzene rings is 1. The normalized spacial score (nSPS) is 16.7. The van der Waals surface area contributed by atoms with Crippen molar-refractivity contribution in [1.82, 2.24) is 20.0 Å². The fraction of sp³-hybridized carbons (Fsp3) is 0.524. The lowest BCUT2D eigenvalue weighted by molar-refractivity contribution is 0.0536. The third-order valence-corrected chi connectivity index (χ3v) is 4.94. The molecule has 0 spiro atoms. The molecular weight excluding hydrogens is 481 g/mol. The first-order valence-electron chi connectivity index (χ1n) is 9.91. The smallest absolute Gasteiger partial charge is 0.193 e. The fourth-order valence-corrected chi connectivity index (χ4v) is 3.42. The number of halogens is 1. The van der Waals surface area contributed by atoms with Gasteiger partial charge in [0.25, 0.3) is 0 Å². The van der Waals surface area contributed by atoms with Crippen molar-refractivity contribution < 1.29 is 9.47 Å². The summed E-state index contributed by atoms with van der Waals surface area (Å²) in [5, 5.41) is 7.94. The summed E-state index contributed by atoms with van der Waals surface area (Å²) < 4.78 is 12.6. The molecule has 2 aromatic rings. The second kappa shape index (κ2) is 12.8. The molecule has 1 unspecified atom stereocenters. The van der Waals surface area contributed by atoms with Crippen LogP contribution < -0.4 is 5.32 Å². The minimum Gasteiger partial charge on any atom is -0.382 e. The SMILES string of the molecule is CN=C(NCCc1cnn(-c2ccccc2)c1)N1CCC(COCCOC)C1.I. The summed E-state index contributed by atoms with van der Waals surface area (Å²) in [5.41, 5.74) is 2.28. The van der Waals surface area contributed by atoms with Crippen LogP contribution in [0.3, 0.4) is 0 Å². The number of hydrogen-bond acceptors (Lipinski definition) is 4. The molecule has 0 aliphatic carbocycles. The number of nitrogens with one attached hydrogen (secondary N) is 1. The molecule has 0 bridgehead atoms. The molecule has 1 aliphatic rings. The van der Waals surface area contributed by atoms with Crippen molar-refractivity contribution in [3.63, 3.8) is 0 Å². The minimum atomic E-state index is 0. The van der Waals surface area contributed by atoms with Gasteiger partial charge >= 0.3 is 0 Å². The van der Waals surface area contributed by atoms with E-state index < -0.39 is 0 Å². The molecule has 1 aliphatic heterocycles. The Bertz CT molecular complexity index is 738. The van der Waals surface area contributed by atoms with E-state index in [2.05, 4.69) is 38.6 Å². The molecule has 3 rings (SSSR count). The average molecular weight is 513 g/mol. The molecule has 1 N–H and O–H groups in total. The first kappa shape index (κ1) is 23.6. The second-order valence-electron chi connectivity index (χ2n) is 7.02. The van der Waals surface area contributed by atoms with Crippen molar-refractivity contribution in [2.24, 2.45) is 10.9 Å². The van der Waals surface area contributed by atoms with Gasteiger partial charge in [-0.05, 0) is 30.5 Å². The maximum absolute atomic E-state index is 5.68. The molecule has 1 fully saturated rings. The Hall–Kier alpha value is -1.65. The molecule has 29 heavy (non-hydrogen) atoms. The molecule has 2 heterocycles. The molecule has 1 atom stereocenters. The highest BCUT2D eigenvalue weighted by Crippen LogP contribution is 2.16. The first-order chi connectivity index (χ1) is 13.8. The van der Waals surface area contributed by atoms with E-state index in [1.54, 1.807) is 7.11 Å². The zero-order chi connectivity index (χ0) is 19.6. The van der Waals surface area contributed by atoms with Gasteiger partial charge in [-0.1, -0.05) is 18.2 Å². The van der Waals surface area contributed by atoms with Gasteiger partial charge in [0.2, 0.25) is 0 Å². The molecule has 0 saturated carbocycles. The zero-order valence-electron chi connectivity index (χ0n) is 17.3. The lowest BCUT2D eigenvalue weighted by Crippen LogP contribution is -2.41. The number of methoxy groups -OCH3 is 1. The maximum atomic E-state index is 5.68. The van der Waals surface area contributed by atoms with Crippen LogP contribution in [0, 0.1) is 5.92 Å². The van der Waals surface area contributed by atoms with Gasteiger partial charge in [-0.15, -0.1) is 24.0 Å². The van der Waals surface area contributed by atoms with Crippen molar-refractivity contribution in [2.75, 3.05) is 53.6 Å². The molecule has 160 valence electrons. The number of ether oxygens (including phenoxy) is 2. The third kappa shape index (κ3) is 7.27. The van der Waals surface area contributed by atoms with Gasteiger partial charge in [0.1, 0.15) is 0 Å². The highest BCUT2D eigenvalue weighted by atomic mass is 127. The number of hydrogen-bond donors (Lipinski definition) is 1. The number of guanidine groups is 1. The lowest BCUT2D eigenvalue weighted by atomic mass is 10.1. The monoisotopic (exact) mass is 513 g/mol. The number of likely N-dealkylation sites (tertiary alicyclic amines) is 1. The quantitative estimate of drug-likeness (QED) is 0.242. The lowest BCUT2D eigenvalue weighted by Gasteiger charge is -2.21. The van der Waals surface area contributed by atoms with E-state index in [-0.39, 0.29) is 24.0 Å². The van der Waals surface area contributed by atoms with Gasteiger partial charge in [-0.25, -0.2) is 4.68 Å². The van der Waals surface area contributed by atoms with Crippen LogP contribution in [0.5, 0.6) is 0 Å². The van der Waals surface area contributed by atoms with Gasteiger partial charge in [0.15, 0.2) is 5.96 Å². The molecule has 1 aromatic heterocycles. The summed E-state index contributed by atoms with van der Waals surface area (Å²) in [4.78, 5) is 6.77. The summed E-state index contributed by atoms with van der Waals surface area (Å²) in [6.07, 6.45) is 6.06. The number of aliphatic imine (C=N–C) groups is 1. The Labute approximate surface area is 190 Å². The largest absolute Gasteiger partial charge is 0.382 e. The highest BCUT2D eigenvalue weighted by Gasteiger charge is 2.24. The summed E-state index contributed by atoms with van der Waals surface area (Å²) in [7, 11) is 3.54. The molecule has 0 amide bonds. The number of aromatic nitrogens is 2. The first-order valence-corrected chi connectivity index (χ1v) is 9.91. The number of nitrogens with zero attached hydrogens (tertiary/aromatic N) is 4. The van der Waals surface area contributed by atoms with Gasteiger partial charge in [0.05, 0.1) is 31.7 Å². The van der Waals surface area contributed by atoms with Gasteiger partial charge in [0, 0.05) is 45.9 Å².